The highest BCUT2D eigenvalue weighted by atomic mass is 16.5. The number of hydrogen-bond donors (Lipinski definition) is 2. The smallest absolute Gasteiger partial charge is 0.224 e. The Morgan fingerprint density at radius 2 is 2.07 bits per heavy atom. The van der Waals surface area contributed by atoms with Gasteiger partial charge in [-0.15, -0.1) is 0 Å². The van der Waals surface area contributed by atoms with Crippen molar-refractivity contribution >= 4 is 17.5 Å². The van der Waals surface area contributed by atoms with Crippen LogP contribution in [0.4, 0.5) is 5.69 Å². The molecule has 0 aromatic heterocycles. The first-order valence-corrected chi connectivity index (χ1v) is 10.7. The van der Waals surface area contributed by atoms with Gasteiger partial charge in [0, 0.05) is 44.2 Å². The second kappa shape index (κ2) is 10.6. The molecule has 1 aromatic rings. The first-order valence-electron chi connectivity index (χ1n) is 10.7. The molecule has 2 heterocycles. The first kappa shape index (κ1) is 21.6. The van der Waals surface area contributed by atoms with E-state index in [2.05, 4.69) is 29.4 Å². The number of benzene rings is 1. The fourth-order valence-electron chi connectivity index (χ4n) is 3.87. The standard InChI is InChI=1S/C22H33N3O4/c1-16(2)20(25-9-12-28-13-10-25)15-23-21(26)4-3-11-29-18-6-7-19-17(14-18)5-8-22(27)24-19/h6-7,14,16,20H,3-5,8-13,15H2,1-2H3,(H,23,26)(H,24,27). The summed E-state index contributed by atoms with van der Waals surface area (Å²) in [5.41, 5.74) is 1.97. The van der Waals surface area contributed by atoms with Crippen molar-refractivity contribution in [2.75, 3.05) is 44.8 Å². The van der Waals surface area contributed by atoms with E-state index in [0.29, 0.717) is 44.4 Å². The summed E-state index contributed by atoms with van der Waals surface area (Å²) in [6, 6.07) is 6.06. The quantitative estimate of drug-likeness (QED) is 0.618. The molecule has 29 heavy (non-hydrogen) atoms. The summed E-state index contributed by atoms with van der Waals surface area (Å²) in [7, 11) is 0. The van der Waals surface area contributed by atoms with E-state index in [4.69, 9.17) is 9.47 Å². The number of ether oxygens (including phenoxy) is 2. The molecule has 1 aromatic carbocycles. The van der Waals surface area contributed by atoms with Crippen LogP contribution in [0.15, 0.2) is 18.2 Å². The molecule has 0 spiro atoms. The maximum absolute atomic E-state index is 12.2. The highest BCUT2D eigenvalue weighted by Gasteiger charge is 2.24. The number of amides is 2. The van der Waals surface area contributed by atoms with Gasteiger partial charge in [0.05, 0.1) is 19.8 Å². The zero-order valence-corrected chi connectivity index (χ0v) is 17.5. The summed E-state index contributed by atoms with van der Waals surface area (Å²) in [6.07, 6.45) is 2.37. The van der Waals surface area contributed by atoms with E-state index in [1.807, 2.05) is 18.2 Å². The average Bonchev–Trinajstić information content (AvgIpc) is 2.72. The van der Waals surface area contributed by atoms with Gasteiger partial charge in [-0.1, -0.05) is 13.8 Å². The van der Waals surface area contributed by atoms with Gasteiger partial charge < -0.3 is 20.1 Å². The minimum atomic E-state index is 0.0607. The van der Waals surface area contributed by atoms with E-state index < -0.39 is 0 Å². The zero-order chi connectivity index (χ0) is 20.6. The van der Waals surface area contributed by atoms with Gasteiger partial charge in [0.15, 0.2) is 0 Å². The minimum Gasteiger partial charge on any atom is -0.494 e. The molecule has 2 N–H and O–H groups in total. The fourth-order valence-corrected chi connectivity index (χ4v) is 3.87. The van der Waals surface area contributed by atoms with Crippen LogP contribution in [0.2, 0.25) is 0 Å². The summed E-state index contributed by atoms with van der Waals surface area (Å²) < 4.78 is 11.2. The summed E-state index contributed by atoms with van der Waals surface area (Å²) in [6.45, 7) is 8.96. The van der Waals surface area contributed by atoms with Gasteiger partial charge >= 0.3 is 0 Å². The number of fused-ring (bicyclic) bond motifs is 1. The topological polar surface area (TPSA) is 79.9 Å². The molecule has 3 rings (SSSR count). The Balaban J connectivity index is 1.36. The third-order valence-corrected chi connectivity index (χ3v) is 5.58. The summed E-state index contributed by atoms with van der Waals surface area (Å²) >= 11 is 0. The van der Waals surface area contributed by atoms with E-state index in [1.165, 1.54) is 0 Å². The van der Waals surface area contributed by atoms with E-state index in [-0.39, 0.29) is 11.8 Å². The molecule has 160 valence electrons. The number of hydrogen-bond acceptors (Lipinski definition) is 5. The molecule has 0 aliphatic carbocycles. The van der Waals surface area contributed by atoms with Crippen LogP contribution in [0.1, 0.15) is 38.7 Å². The molecular weight excluding hydrogens is 370 g/mol. The maximum atomic E-state index is 12.2. The van der Waals surface area contributed by atoms with Gasteiger partial charge in [-0.3, -0.25) is 14.5 Å². The number of morpholine rings is 1. The molecule has 1 unspecified atom stereocenters. The third kappa shape index (κ3) is 6.44. The molecule has 7 heteroatoms. The second-order valence-electron chi connectivity index (χ2n) is 8.08. The SMILES string of the molecule is CC(C)C(CNC(=O)CCCOc1ccc2c(c1)CCC(=O)N2)N1CCOCC1. The number of rotatable bonds is 9. The van der Waals surface area contributed by atoms with Crippen LogP contribution in [0, 0.1) is 5.92 Å². The molecule has 1 saturated heterocycles. The molecule has 0 saturated carbocycles. The highest BCUT2D eigenvalue weighted by Crippen LogP contribution is 2.26. The second-order valence-corrected chi connectivity index (χ2v) is 8.08. The van der Waals surface area contributed by atoms with E-state index in [1.54, 1.807) is 0 Å². The van der Waals surface area contributed by atoms with Crippen LogP contribution in [0.5, 0.6) is 5.75 Å². The van der Waals surface area contributed by atoms with Crippen molar-refractivity contribution in [3.63, 3.8) is 0 Å². The number of aryl methyl sites for hydroxylation is 1. The van der Waals surface area contributed by atoms with Gasteiger partial charge in [0.2, 0.25) is 11.8 Å². The Morgan fingerprint density at radius 1 is 1.28 bits per heavy atom. The van der Waals surface area contributed by atoms with Crippen LogP contribution >= 0.6 is 0 Å². The van der Waals surface area contributed by atoms with Crippen molar-refractivity contribution in [3.05, 3.63) is 23.8 Å². The number of nitrogens with one attached hydrogen (secondary N) is 2. The Labute approximate surface area is 173 Å². The van der Waals surface area contributed by atoms with Crippen molar-refractivity contribution in [3.8, 4) is 5.75 Å². The number of anilines is 1. The normalized spacial score (nSPS) is 18.1. The minimum absolute atomic E-state index is 0.0607. The fraction of sp³-hybridized carbons (Fsp3) is 0.636. The molecule has 0 bridgehead atoms. The van der Waals surface area contributed by atoms with Crippen LogP contribution in [-0.4, -0.2) is 62.2 Å². The van der Waals surface area contributed by atoms with Crippen LogP contribution in [0.25, 0.3) is 0 Å². The molecule has 1 fully saturated rings. The molecule has 0 radical (unpaired) electrons. The van der Waals surface area contributed by atoms with E-state index >= 15 is 0 Å². The predicted molar refractivity (Wildman–Crippen MR) is 112 cm³/mol. The Kier molecular flexibility index (Phi) is 7.89. The summed E-state index contributed by atoms with van der Waals surface area (Å²) in [5, 5.41) is 5.95. The monoisotopic (exact) mass is 403 g/mol. The Morgan fingerprint density at radius 3 is 2.83 bits per heavy atom. The predicted octanol–water partition coefficient (Wildman–Crippen LogP) is 2.20. The van der Waals surface area contributed by atoms with Gasteiger partial charge in [-0.25, -0.2) is 0 Å². The van der Waals surface area contributed by atoms with Crippen molar-refractivity contribution < 1.29 is 19.1 Å². The van der Waals surface area contributed by atoms with Gasteiger partial charge in [0.25, 0.3) is 0 Å². The average molecular weight is 404 g/mol. The summed E-state index contributed by atoms with van der Waals surface area (Å²) in [4.78, 5) is 26.1. The highest BCUT2D eigenvalue weighted by molar-refractivity contribution is 5.94. The zero-order valence-electron chi connectivity index (χ0n) is 17.5. The lowest BCUT2D eigenvalue weighted by atomic mass is 10.0. The van der Waals surface area contributed by atoms with Gasteiger partial charge in [-0.2, -0.15) is 0 Å². The van der Waals surface area contributed by atoms with Crippen LogP contribution in [-0.2, 0) is 20.7 Å². The van der Waals surface area contributed by atoms with Crippen molar-refractivity contribution in [2.24, 2.45) is 5.92 Å². The molecule has 2 aliphatic rings. The lowest BCUT2D eigenvalue weighted by molar-refractivity contribution is -0.121. The number of nitrogens with zero attached hydrogens (tertiary/aromatic N) is 1. The molecule has 7 nitrogen and oxygen atoms in total. The molecule has 2 aliphatic heterocycles. The van der Waals surface area contributed by atoms with Crippen molar-refractivity contribution in [1.82, 2.24) is 10.2 Å². The third-order valence-electron chi connectivity index (χ3n) is 5.58. The number of carbonyl (C=O) groups excluding carboxylic acids is 2. The van der Waals surface area contributed by atoms with Gasteiger partial charge in [0.1, 0.15) is 5.75 Å². The van der Waals surface area contributed by atoms with E-state index in [0.717, 1.165) is 49.7 Å². The number of carbonyl (C=O) groups is 2. The molecule has 1 atom stereocenters. The Bertz CT molecular complexity index is 701. The van der Waals surface area contributed by atoms with Gasteiger partial charge in [-0.05, 0) is 42.5 Å². The maximum Gasteiger partial charge on any atom is 0.224 e. The largest absolute Gasteiger partial charge is 0.494 e. The van der Waals surface area contributed by atoms with Crippen LogP contribution < -0.4 is 15.4 Å². The summed E-state index contributed by atoms with van der Waals surface area (Å²) in [5.74, 6) is 1.39. The first-order chi connectivity index (χ1) is 14.0. The molecular formula is C22H33N3O4. The van der Waals surface area contributed by atoms with Crippen molar-refractivity contribution in [2.45, 2.75) is 45.6 Å². The lowest BCUT2D eigenvalue weighted by Crippen LogP contribution is -2.51. The van der Waals surface area contributed by atoms with E-state index in [9.17, 15) is 9.59 Å². The van der Waals surface area contributed by atoms with Crippen LogP contribution in [0.3, 0.4) is 0 Å². The molecule has 2 amide bonds. The van der Waals surface area contributed by atoms with Crippen molar-refractivity contribution in [1.29, 1.82) is 0 Å². The lowest BCUT2D eigenvalue weighted by Gasteiger charge is -2.36. The Hall–Kier alpha value is -2.12.